The molecular formula is C18H19FN6O2. The maximum absolute atomic E-state index is 12.9. The minimum absolute atomic E-state index is 0.206. The summed E-state index contributed by atoms with van der Waals surface area (Å²) in [6.45, 7) is 1.93. The lowest BCUT2D eigenvalue weighted by Crippen LogP contribution is -2.32. The number of fused-ring (bicyclic) bond motifs is 1. The Bertz CT molecular complexity index is 1020. The van der Waals surface area contributed by atoms with Gasteiger partial charge < -0.3 is 10.2 Å². The van der Waals surface area contributed by atoms with Crippen molar-refractivity contribution < 1.29 is 9.18 Å². The van der Waals surface area contributed by atoms with Crippen molar-refractivity contribution >= 4 is 17.5 Å². The van der Waals surface area contributed by atoms with E-state index in [9.17, 15) is 14.0 Å². The van der Waals surface area contributed by atoms with Gasteiger partial charge in [0, 0.05) is 25.8 Å². The largest absolute Gasteiger partial charge is 0.356 e. The van der Waals surface area contributed by atoms with Gasteiger partial charge >= 0.3 is 5.69 Å². The molecule has 1 fully saturated rings. The average Bonchev–Trinajstić information content (AvgIpc) is 3.30. The summed E-state index contributed by atoms with van der Waals surface area (Å²) in [6.07, 6.45) is 3.89. The van der Waals surface area contributed by atoms with Gasteiger partial charge in [0.25, 0.3) is 5.78 Å². The topological polar surface area (TPSA) is 84.5 Å². The molecule has 140 valence electrons. The summed E-state index contributed by atoms with van der Waals surface area (Å²) in [7, 11) is 0. The van der Waals surface area contributed by atoms with Gasteiger partial charge in [-0.25, -0.2) is 18.3 Å². The summed E-state index contributed by atoms with van der Waals surface area (Å²) in [5.41, 5.74) is 0.353. The van der Waals surface area contributed by atoms with Crippen molar-refractivity contribution in [2.45, 2.75) is 25.9 Å². The molecule has 1 aliphatic rings. The highest BCUT2D eigenvalue weighted by Crippen LogP contribution is 2.17. The number of amides is 1. The Morgan fingerprint density at radius 2 is 1.89 bits per heavy atom. The molecule has 4 rings (SSSR count). The van der Waals surface area contributed by atoms with E-state index in [1.807, 2.05) is 0 Å². The number of benzene rings is 1. The van der Waals surface area contributed by atoms with Gasteiger partial charge in [-0.1, -0.05) is 12.1 Å². The first-order valence-electron chi connectivity index (χ1n) is 8.82. The smallest absolute Gasteiger partial charge is 0.352 e. The fraction of sp³-hybridized carbons (Fsp3) is 0.333. The molecule has 0 atom stereocenters. The molecule has 27 heavy (non-hydrogen) atoms. The van der Waals surface area contributed by atoms with E-state index in [2.05, 4.69) is 20.3 Å². The summed E-state index contributed by atoms with van der Waals surface area (Å²) < 4.78 is 15.3. The molecule has 0 saturated carbocycles. The van der Waals surface area contributed by atoms with Crippen LogP contribution in [0, 0.1) is 5.82 Å². The van der Waals surface area contributed by atoms with Crippen molar-refractivity contribution in [1.29, 1.82) is 0 Å². The molecular weight excluding hydrogens is 351 g/mol. The van der Waals surface area contributed by atoms with Crippen molar-refractivity contribution in [2.75, 3.05) is 18.0 Å². The number of hydrogen-bond acceptors (Lipinski definition) is 5. The number of nitrogens with zero attached hydrogens (tertiary/aromatic N) is 5. The lowest BCUT2D eigenvalue weighted by atomic mass is 10.2. The van der Waals surface area contributed by atoms with Crippen LogP contribution in [0.2, 0.25) is 0 Å². The van der Waals surface area contributed by atoms with Gasteiger partial charge in [-0.3, -0.25) is 4.79 Å². The zero-order valence-electron chi connectivity index (χ0n) is 14.6. The van der Waals surface area contributed by atoms with Gasteiger partial charge in [0.05, 0.1) is 0 Å². The van der Waals surface area contributed by atoms with Gasteiger partial charge in [-0.15, -0.1) is 5.10 Å². The van der Waals surface area contributed by atoms with Gasteiger partial charge in [0.15, 0.2) is 0 Å². The first-order valence-corrected chi connectivity index (χ1v) is 8.82. The number of halogens is 1. The predicted molar refractivity (Wildman–Crippen MR) is 96.9 cm³/mol. The first kappa shape index (κ1) is 17.2. The Balaban J connectivity index is 1.46. The second-order valence-corrected chi connectivity index (χ2v) is 6.49. The van der Waals surface area contributed by atoms with E-state index in [0.29, 0.717) is 0 Å². The van der Waals surface area contributed by atoms with Crippen LogP contribution < -0.4 is 15.9 Å². The molecule has 3 aromatic rings. The Hall–Kier alpha value is -3.23. The Labute approximate surface area is 154 Å². The van der Waals surface area contributed by atoms with E-state index in [-0.39, 0.29) is 30.6 Å². The second kappa shape index (κ2) is 7.18. The third-order valence-corrected chi connectivity index (χ3v) is 4.57. The molecule has 0 bridgehead atoms. The molecule has 1 saturated heterocycles. The summed E-state index contributed by atoms with van der Waals surface area (Å²) in [5.74, 6) is 0.375. The van der Waals surface area contributed by atoms with E-state index in [1.54, 1.807) is 24.4 Å². The maximum atomic E-state index is 12.9. The van der Waals surface area contributed by atoms with Crippen molar-refractivity contribution in [3.05, 3.63) is 58.4 Å². The zero-order valence-corrected chi connectivity index (χ0v) is 14.6. The van der Waals surface area contributed by atoms with Gasteiger partial charge in [-0.05, 0) is 36.6 Å². The number of nitrogens with one attached hydrogen (secondary N) is 1. The summed E-state index contributed by atoms with van der Waals surface area (Å²) in [6, 6.07) is 7.64. The highest BCUT2D eigenvalue weighted by atomic mass is 19.1. The third kappa shape index (κ3) is 3.67. The standard InChI is InChI=1S/C18H19FN6O2/c19-14-5-3-13(4-6-14)11-20-16(26)12-25-18(27)24-10-7-15(21-17(24)22-25)23-8-1-2-9-23/h3-7,10H,1-2,8-9,11-12H2,(H,20,26). The van der Waals surface area contributed by atoms with Crippen molar-refractivity contribution in [3.8, 4) is 0 Å². The van der Waals surface area contributed by atoms with E-state index in [4.69, 9.17) is 0 Å². The minimum Gasteiger partial charge on any atom is -0.356 e. The lowest BCUT2D eigenvalue weighted by molar-refractivity contribution is -0.122. The van der Waals surface area contributed by atoms with Crippen molar-refractivity contribution in [1.82, 2.24) is 24.5 Å². The van der Waals surface area contributed by atoms with E-state index >= 15 is 0 Å². The van der Waals surface area contributed by atoms with Crippen LogP contribution in [-0.4, -0.2) is 38.2 Å². The molecule has 3 heterocycles. The third-order valence-electron chi connectivity index (χ3n) is 4.57. The van der Waals surface area contributed by atoms with Gasteiger partial charge in [0.2, 0.25) is 5.91 Å². The SMILES string of the molecule is O=C(Cn1nc2nc(N3CCCC3)ccn2c1=O)NCc1ccc(F)cc1. The highest BCUT2D eigenvalue weighted by molar-refractivity contribution is 5.75. The Morgan fingerprint density at radius 1 is 1.15 bits per heavy atom. The van der Waals surface area contributed by atoms with Crippen LogP contribution in [-0.2, 0) is 17.9 Å². The molecule has 0 radical (unpaired) electrons. The minimum atomic E-state index is -0.414. The van der Waals surface area contributed by atoms with Crippen molar-refractivity contribution in [3.63, 3.8) is 0 Å². The molecule has 8 nitrogen and oxygen atoms in total. The van der Waals surface area contributed by atoms with Crippen LogP contribution in [0.25, 0.3) is 5.78 Å². The van der Waals surface area contributed by atoms with Crippen LogP contribution >= 0.6 is 0 Å². The fourth-order valence-electron chi connectivity index (χ4n) is 3.12. The van der Waals surface area contributed by atoms with Crippen LogP contribution in [0.3, 0.4) is 0 Å². The normalized spacial score (nSPS) is 14.0. The summed E-state index contributed by atoms with van der Waals surface area (Å²) in [4.78, 5) is 31.1. The molecule has 9 heteroatoms. The van der Waals surface area contributed by atoms with E-state index < -0.39 is 5.69 Å². The number of anilines is 1. The summed E-state index contributed by atoms with van der Waals surface area (Å²) in [5, 5.41) is 6.87. The molecule has 1 aliphatic heterocycles. The molecule has 1 amide bonds. The number of hydrogen-bond donors (Lipinski definition) is 1. The van der Waals surface area contributed by atoms with E-state index in [0.717, 1.165) is 42.0 Å². The fourth-order valence-corrected chi connectivity index (χ4v) is 3.12. The molecule has 1 N–H and O–H groups in total. The lowest BCUT2D eigenvalue weighted by Gasteiger charge is -2.15. The van der Waals surface area contributed by atoms with E-state index in [1.165, 1.54) is 16.5 Å². The van der Waals surface area contributed by atoms with Crippen molar-refractivity contribution in [2.24, 2.45) is 0 Å². The number of carbonyl (C=O) groups is 1. The number of rotatable bonds is 5. The highest BCUT2D eigenvalue weighted by Gasteiger charge is 2.16. The van der Waals surface area contributed by atoms with Crippen LogP contribution in [0.4, 0.5) is 10.2 Å². The number of carbonyl (C=O) groups excluding carboxylic acids is 1. The van der Waals surface area contributed by atoms with Crippen LogP contribution in [0.5, 0.6) is 0 Å². The maximum Gasteiger partial charge on any atom is 0.352 e. The predicted octanol–water partition coefficient (Wildman–Crippen LogP) is 0.947. The molecule has 0 spiro atoms. The molecule has 2 aromatic heterocycles. The molecule has 0 aliphatic carbocycles. The average molecular weight is 370 g/mol. The second-order valence-electron chi connectivity index (χ2n) is 6.49. The quantitative estimate of drug-likeness (QED) is 0.723. The first-order chi connectivity index (χ1) is 13.1. The molecule has 1 aromatic carbocycles. The zero-order chi connectivity index (χ0) is 18.8. The summed E-state index contributed by atoms with van der Waals surface area (Å²) >= 11 is 0. The monoisotopic (exact) mass is 370 g/mol. The van der Waals surface area contributed by atoms with Crippen LogP contribution in [0.15, 0.2) is 41.3 Å². The Morgan fingerprint density at radius 3 is 2.63 bits per heavy atom. The van der Waals surface area contributed by atoms with Crippen LogP contribution in [0.1, 0.15) is 18.4 Å². The molecule has 0 unspecified atom stereocenters. The van der Waals surface area contributed by atoms with Gasteiger partial charge in [-0.2, -0.15) is 4.98 Å². The van der Waals surface area contributed by atoms with Gasteiger partial charge in [0.1, 0.15) is 18.2 Å². The number of aromatic nitrogens is 4. The Kier molecular flexibility index (Phi) is 4.57.